The Labute approximate surface area is 92.5 Å². The normalized spacial score (nSPS) is 10.5. The lowest BCUT2D eigenvalue weighted by Crippen LogP contribution is -1.91. The molecule has 0 saturated heterocycles. The van der Waals surface area contributed by atoms with Gasteiger partial charge < -0.3 is 4.57 Å². The van der Waals surface area contributed by atoms with Crippen molar-refractivity contribution in [2.75, 3.05) is 0 Å². The zero-order valence-corrected chi connectivity index (χ0v) is 9.88. The molecule has 0 saturated carbocycles. The SMILES string of the molecule is Cc1ccc(-c2ccc(Br)n2C)cc1. The predicted molar refractivity (Wildman–Crippen MR) is 63.3 cm³/mol. The molecule has 1 aromatic carbocycles. The van der Waals surface area contributed by atoms with Gasteiger partial charge in [-0.25, -0.2) is 0 Å². The minimum Gasteiger partial charge on any atom is -0.338 e. The molecule has 1 aromatic heterocycles. The molecule has 0 fully saturated rings. The third-order valence-corrected chi connectivity index (χ3v) is 3.20. The summed E-state index contributed by atoms with van der Waals surface area (Å²) >= 11 is 3.49. The first-order valence-electron chi connectivity index (χ1n) is 4.57. The van der Waals surface area contributed by atoms with Gasteiger partial charge >= 0.3 is 0 Å². The number of aryl methyl sites for hydroxylation is 1. The van der Waals surface area contributed by atoms with E-state index in [-0.39, 0.29) is 0 Å². The highest BCUT2D eigenvalue weighted by Crippen LogP contribution is 2.24. The third-order valence-electron chi connectivity index (χ3n) is 2.41. The Morgan fingerprint density at radius 1 is 1.00 bits per heavy atom. The van der Waals surface area contributed by atoms with E-state index in [0.29, 0.717) is 0 Å². The van der Waals surface area contributed by atoms with Gasteiger partial charge in [-0.05, 0) is 40.5 Å². The molecule has 0 amide bonds. The first-order valence-corrected chi connectivity index (χ1v) is 5.36. The fourth-order valence-electron chi connectivity index (χ4n) is 1.50. The lowest BCUT2D eigenvalue weighted by molar-refractivity contribution is 0.911. The van der Waals surface area contributed by atoms with E-state index in [4.69, 9.17) is 0 Å². The van der Waals surface area contributed by atoms with Crippen molar-refractivity contribution in [2.24, 2.45) is 7.05 Å². The van der Waals surface area contributed by atoms with Gasteiger partial charge in [0.05, 0.1) is 4.60 Å². The van der Waals surface area contributed by atoms with Crippen molar-refractivity contribution in [1.29, 1.82) is 0 Å². The van der Waals surface area contributed by atoms with Crippen LogP contribution in [-0.2, 0) is 7.05 Å². The molecule has 1 heterocycles. The molecule has 0 aliphatic rings. The molecule has 14 heavy (non-hydrogen) atoms. The number of nitrogens with zero attached hydrogens (tertiary/aromatic N) is 1. The van der Waals surface area contributed by atoms with Crippen molar-refractivity contribution in [3.8, 4) is 11.3 Å². The highest BCUT2D eigenvalue weighted by Gasteiger charge is 2.03. The average molecular weight is 250 g/mol. The van der Waals surface area contributed by atoms with Crippen molar-refractivity contribution in [1.82, 2.24) is 4.57 Å². The maximum atomic E-state index is 3.49. The van der Waals surface area contributed by atoms with Crippen molar-refractivity contribution in [3.05, 3.63) is 46.6 Å². The van der Waals surface area contributed by atoms with Gasteiger partial charge in [-0.2, -0.15) is 0 Å². The quantitative estimate of drug-likeness (QED) is 0.726. The number of aromatic nitrogens is 1. The van der Waals surface area contributed by atoms with E-state index in [9.17, 15) is 0 Å². The van der Waals surface area contributed by atoms with Crippen molar-refractivity contribution in [2.45, 2.75) is 6.92 Å². The van der Waals surface area contributed by atoms with Gasteiger partial charge in [-0.15, -0.1) is 0 Å². The highest BCUT2D eigenvalue weighted by molar-refractivity contribution is 9.10. The molecular weight excluding hydrogens is 238 g/mol. The van der Waals surface area contributed by atoms with Crippen LogP contribution in [0, 0.1) is 6.92 Å². The summed E-state index contributed by atoms with van der Waals surface area (Å²) in [6.45, 7) is 2.10. The van der Waals surface area contributed by atoms with Crippen LogP contribution in [0.15, 0.2) is 41.0 Å². The second-order valence-electron chi connectivity index (χ2n) is 3.47. The minimum atomic E-state index is 1.10. The van der Waals surface area contributed by atoms with Gasteiger partial charge in [0.1, 0.15) is 0 Å². The lowest BCUT2D eigenvalue weighted by Gasteiger charge is -2.04. The van der Waals surface area contributed by atoms with Gasteiger partial charge in [0.25, 0.3) is 0 Å². The monoisotopic (exact) mass is 249 g/mol. The maximum Gasteiger partial charge on any atom is 0.0848 e. The lowest BCUT2D eigenvalue weighted by atomic mass is 10.1. The first-order chi connectivity index (χ1) is 6.68. The molecule has 0 atom stereocenters. The Hall–Kier alpha value is -1.02. The van der Waals surface area contributed by atoms with E-state index in [0.717, 1.165) is 4.60 Å². The Kier molecular flexibility index (Phi) is 2.46. The van der Waals surface area contributed by atoms with Crippen LogP contribution in [-0.4, -0.2) is 4.57 Å². The van der Waals surface area contributed by atoms with Crippen LogP contribution in [0.25, 0.3) is 11.3 Å². The van der Waals surface area contributed by atoms with Crippen LogP contribution in [0.2, 0.25) is 0 Å². The maximum absolute atomic E-state index is 3.49. The molecule has 0 spiro atoms. The largest absolute Gasteiger partial charge is 0.338 e. The Bertz CT molecular complexity index is 440. The molecule has 0 radical (unpaired) electrons. The summed E-state index contributed by atoms with van der Waals surface area (Å²) in [5.41, 5.74) is 3.78. The number of hydrogen-bond acceptors (Lipinski definition) is 0. The molecule has 0 aliphatic carbocycles. The van der Waals surface area contributed by atoms with Crippen LogP contribution >= 0.6 is 15.9 Å². The summed E-state index contributed by atoms with van der Waals surface area (Å²) in [4.78, 5) is 0. The molecule has 72 valence electrons. The number of halogens is 1. The minimum absolute atomic E-state index is 1.10. The fraction of sp³-hybridized carbons (Fsp3) is 0.167. The van der Waals surface area contributed by atoms with Gasteiger partial charge in [0.15, 0.2) is 0 Å². The molecule has 2 rings (SSSR count). The molecule has 2 heteroatoms. The Morgan fingerprint density at radius 2 is 1.64 bits per heavy atom. The summed E-state index contributed by atoms with van der Waals surface area (Å²) in [5.74, 6) is 0. The number of benzene rings is 1. The van der Waals surface area contributed by atoms with Crippen molar-refractivity contribution < 1.29 is 0 Å². The van der Waals surface area contributed by atoms with E-state index in [1.807, 2.05) is 0 Å². The van der Waals surface area contributed by atoms with E-state index in [1.54, 1.807) is 0 Å². The zero-order valence-electron chi connectivity index (χ0n) is 8.29. The van der Waals surface area contributed by atoms with Gasteiger partial charge in [-0.3, -0.25) is 0 Å². The first kappa shape index (κ1) is 9.53. The van der Waals surface area contributed by atoms with E-state index in [1.165, 1.54) is 16.8 Å². The summed E-state index contributed by atoms with van der Waals surface area (Å²) in [6, 6.07) is 12.8. The summed E-state index contributed by atoms with van der Waals surface area (Å²) < 4.78 is 3.23. The summed E-state index contributed by atoms with van der Waals surface area (Å²) in [6.07, 6.45) is 0. The molecule has 0 aliphatic heterocycles. The van der Waals surface area contributed by atoms with Gasteiger partial charge in [0, 0.05) is 12.7 Å². The summed E-state index contributed by atoms with van der Waals surface area (Å²) in [7, 11) is 2.05. The summed E-state index contributed by atoms with van der Waals surface area (Å²) in [5, 5.41) is 0. The van der Waals surface area contributed by atoms with Crippen LogP contribution in [0.1, 0.15) is 5.56 Å². The molecule has 1 nitrogen and oxygen atoms in total. The van der Waals surface area contributed by atoms with Crippen LogP contribution in [0.5, 0.6) is 0 Å². The zero-order chi connectivity index (χ0) is 10.1. The van der Waals surface area contributed by atoms with E-state index < -0.39 is 0 Å². The molecule has 0 unspecified atom stereocenters. The van der Waals surface area contributed by atoms with Crippen LogP contribution in [0.3, 0.4) is 0 Å². The molecule has 0 bridgehead atoms. The Morgan fingerprint density at radius 3 is 2.14 bits per heavy atom. The molecular formula is C12H12BrN. The number of rotatable bonds is 1. The average Bonchev–Trinajstić information content (AvgIpc) is 2.50. The van der Waals surface area contributed by atoms with E-state index in [2.05, 4.69) is 70.9 Å². The van der Waals surface area contributed by atoms with Gasteiger partial charge in [-0.1, -0.05) is 29.8 Å². The van der Waals surface area contributed by atoms with Crippen molar-refractivity contribution >= 4 is 15.9 Å². The predicted octanol–water partition coefficient (Wildman–Crippen LogP) is 3.76. The number of hydrogen-bond donors (Lipinski definition) is 0. The molecule has 2 aromatic rings. The van der Waals surface area contributed by atoms with E-state index >= 15 is 0 Å². The van der Waals surface area contributed by atoms with Crippen LogP contribution < -0.4 is 0 Å². The molecule has 0 N–H and O–H groups in total. The second-order valence-corrected chi connectivity index (χ2v) is 4.28. The smallest absolute Gasteiger partial charge is 0.0848 e. The Balaban J connectivity index is 2.49. The topological polar surface area (TPSA) is 4.93 Å². The second kappa shape index (κ2) is 3.62. The van der Waals surface area contributed by atoms with Crippen molar-refractivity contribution in [3.63, 3.8) is 0 Å². The standard InChI is InChI=1S/C12H12BrN/c1-9-3-5-10(6-4-9)11-7-8-12(13)14(11)2/h3-8H,1-2H3. The third kappa shape index (κ3) is 1.62. The fourth-order valence-corrected chi connectivity index (χ4v) is 1.82. The highest BCUT2D eigenvalue weighted by atomic mass is 79.9. The van der Waals surface area contributed by atoms with Gasteiger partial charge in [0.2, 0.25) is 0 Å². The van der Waals surface area contributed by atoms with Crippen LogP contribution in [0.4, 0.5) is 0 Å².